The summed E-state index contributed by atoms with van der Waals surface area (Å²) in [4.78, 5) is 0. The van der Waals surface area contributed by atoms with Gasteiger partial charge in [0.15, 0.2) is 0 Å². The van der Waals surface area contributed by atoms with Crippen LogP contribution in [0.4, 0.5) is 0 Å². The molecule has 0 heteroatoms. The highest BCUT2D eigenvalue weighted by atomic mass is 13.9. The second-order valence-corrected chi connectivity index (χ2v) is 1.74. The van der Waals surface area contributed by atoms with Crippen LogP contribution < -0.4 is 0 Å². The molecule has 1 atom stereocenters. The maximum absolute atomic E-state index is 3.00. The Bertz CT molecular complexity index is 134. The molecule has 1 aliphatic rings. The van der Waals surface area contributed by atoms with Crippen molar-refractivity contribution in [1.29, 1.82) is 0 Å². The molecule has 0 saturated carbocycles. The highest BCUT2D eigenvalue weighted by Crippen LogP contribution is 2.00. The minimum atomic E-state index is 0.588. The molecule has 0 nitrogen and oxygen atoms in total. The van der Waals surface area contributed by atoms with Gasteiger partial charge in [0.1, 0.15) is 0 Å². The highest BCUT2D eigenvalue weighted by Gasteiger charge is 1.87. The smallest absolute Gasteiger partial charge is 0.000258 e. The molecule has 0 radical (unpaired) electrons. The van der Waals surface area contributed by atoms with Gasteiger partial charge in [-0.05, 0) is 18.1 Å². The molecule has 1 aliphatic carbocycles. The molecule has 0 saturated heterocycles. The Morgan fingerprint density at radius 3 is 2.71 bits per heavy atom. The molecule has 1 rings (SSSR count). The monoisotopic (exact) mass is 92.1 g/mol. The average Bonchev–Trinajstić information content (AvgIpc) is 1.69. The van der Waals surface area contributed by atoms with Gasteiger partial charge >= 0.3 is 0 Å². The average molecular weight is 92.1 g/mol. The summed E-state index contributed by atoms with van der Waals surface area (Å²) in [5, 5.41) is 0. The van der Waals surface area contributed by atoms with Gasteiger partial charge in [0.25, 0.3) is 0 Å². The zero-order chi connectivity index (χ0) is 5.11. The SMILES string of the molecule is C[C@H]1C=C=CC=C1. The van der Waals surface area contributed by atoms with Gasteiger partial charge in [0.2, 0.25) is 0 Å². The predicted octanol–water partition coefficient (Wildman–Crippen LogP) is 1.90. The summed E-state index contributed by atoms with van der Waals surface area (Å²) in [6.07, 6.45) is 8.11. The van der Waals surface area contributed by atoms with Crippen molar-refractivity contribution in [2.75, 3.05) is 0 Å². The lowest BCUT2D eigenvalue weighted by Crippen LogP contribution is -1.80. The molecule has 36 valence electrons. The van der Waals surface area contributed by atoms with Crippen molar-refractivity contribution in [3.8, 4) is 0 Å². The number of rotatable bonds is 0. The molecule has 7 heavy (non-hydrogen) atoms. The molecule has 0 unspecified atom stereocenters. The topological polar surface area (TPSA) is 0 Å². The lowest BCUT2D eigenvalue weighted by Gasteiger charge is -1.94. The number of hydrogen-bond acceptors (Lipinski definition) is 0. The molecule has 0 aliphatic heterocycles. The predicted molar refractivity (Wildman–Crippen MR) is 31.0 cm³/mol. The van der Waals surface area contributed by atoms with Crippen molar-refractivity contribution >= 4 is 0 Å². The summed E-state index contributed by atoms with van der Waals surface area (Å²) in [7, 11) is 0. The molecule has 0 aromatic carbocycles. The van der Waals surface area contributed by atoms with Crippen LogP contribution >= 0.6 is 0 Å². The van der Waals surface area contributed by atoms with Crippen LogP contribution in [-0.4, -0.2) is 0 Å². The van der Waals surface area contributed by atoms with Crippen LogP contribution in [0.5, 0.6) is 0 Å². The first-order chi connectivity index (χ1) is 3.39. The lowest BCUT2D eigenvalue weighted by atomic mass is 10.1. The molecule has 0 amide bonds. The highest BCUT2D eigenvalue weighted by molar-refractivity contribution is 5.12. The minimum absolute atomic E-state index is 0.588. The van der Waals surface area contributed by atoms with Crippen LogP contribution in [0.1, 0.15) is 6.92 Å². The third-order valence-electron chi connectivity index (χ3n) is 0.966. The molecule has 0 bridgehead atoms. The van der Waals surface area contributed by atoms with Crippen molar-refractivity contribution in [1.82, 2.24) is 0 Å². The van der Waals surface area contributed by atoms with Crippen LogP contribution in [0.3, 0.4) is 0 Å². The van der Waals surface area contributed by atoms with Crippen LogP contribution in [0.15, 0.2) is 30.0 Å². The van der Waals surface area contributed by atoms with E-state index in [1.807, 2.05) is 18.2 Å². The Balaban J connectivity index is 2.77. The van der Waals surface area contributed by atoms with Gasteiger partial charge in [0.05, 0.1) is 0 Å². The van der Waals surface area contributed by atoms with Gasteiger partial charge in [-0.25, -0.2) is 0 Å². The summed E-state index contributed by atoms with van der Waals surface area (Å²) in [5.41, 5.74) is 3.00. The van der Waals surface area contributed by atoms with E-state index in [1.54, 1.807) is 0 Å². The summed E-state index contributed by atoms with van der Waals surface area (Å²) in [5.74, 6) is 0.588. The fourth-order valence-electron chi connectivity index (χ4n) is 0.549. The normalized spacial score (nSPS) is 26.1. The van der Waals surface area contributed by atoms with E-state index in [-0.39, 0.29) is 0 Å². The lowest BCUT2D eigenvalue weighted by molar-refractivity contribution is 0.937. The fraction of sp³-hybridized carbons (Fsp3) is 0.286. The second-order valence-electron chi connectivity index (χ2n) is 1.74. The first-order valence-corrected chi connectivity index (χ1v) is 2.49. The van der Waals surface area contributed by atoms with Gasteiger partial charge in [-0.1, -0.05) is 19.1 Å². The molecule has 0 aromatic rings. The zero-order valence-corrected chi connectivity index (χ0v) is 4.39. The van der Waals surface area contributed by atoms with E-state index < -0.39 is 0 Å². The maximum Gasteiger partial charge on any atom is -0.000258 e. The van der Waals surface area contributed by atoms with Gasteiger partial charge in [0, 0.05) is 0 Å². The van der Waals surface area contributed by atoms with Gasteiger partial charge in [-0.3, -0.25) is 0 Å². The molecule has 0 spiro atoms. The van der Waals surface area contributed by atoms with Crippen LogP contribution in [0.25, 0.3) is 0 Å². The van der Waals surface area contributed by atoms with Crippen molar-refractivity contribution in [2.24, 2.45) is 5.92 Å². The molecule has 0 fully saturated rings. The van der Waals surface area contributed by atoms with Crippen molar-refractivity contribution in [3.63, 3.8) is 0 Å². The van der Waals surface area contributed by atoms with Gasteiger partial charge in [-0.2, -0.15) is 0 Å². The summed E-state index contributed by atoms with van der Waals surface area (Å²) < 4.78 is 0. The van der Waals surface area contributed by atoms with E-state index in [0.29, 0.717) is 5.92 Å². The van der Waals surface area contributed by atoms with E-state index in [0.717, 1.165) is 0 Å². The second kappa shape index (κ2) is 1.81. The van der Waals surface area contributed by atoms with E-state index in [9.17, 15) is 0 Å². The largest absolute Gasteiger partial charge is 0.125 e. The first kappa shape index (κ1) is 4.42. The summed E-state index contributed by atoms with van der Waals surface area (Å²) in [6, 6.07) is 0. The van der Waals surface area contributed by atoms with E-state index >= 15 is 0 Å². The van der Waals surface area contributed by atoms with Crippen LogP contribution in [0, 0.1) is 5.92 Å². The Kier molecular flexibility index (Phi) is 1.14. The first-order valence-electron chi connectivity index (χ1n) is 2.49. The third-order valence-corrected chi connectivity index (χ3v) is 0.966. The van der Waals surface area contributed by atoms with E-state index in [4.69, 9.17) is 0 Å². The standard InChI is InChI=1S/C7H8/c1-7-5-3-2-4-6-7/h2-3,5-7H,1H3/t7-/m1/s1. The number of hydrogen-bond donors (Lipinski definition) is 0. The zero-order valence-electron chi connectivity index (χ0n) is 4.39. The maximum atomic E-state index is 3.00. The summed E-state index contributed by atoms with van der Waals surface area (Å²) >= 11 is 0. The van der Waals surface area contributed by atoms with Crippen LogP contribution in [0.2, 0.25) is 0 Å². The quantitative estimate of drug-likeness (QED) is 0.400. The Morgan fingerprint density at radius 2 is 2.43 bits per heavy atom. The molecular weight excluding hydrogens is 84.1 g/mol. The van der Waals surface area contributed by atoms with Gasteiger partial charge in [-0.15, -0.1) is 5.73 Å². The van der Waals surface area contributed by atoms with E-state index in [2.05, 4.69) is 18.7 Å². The Morgan fingerprint density at radius 1 is 1.57 bits per heavy atom. The Hall–Kier alpha value is -0.740. The minimum Gasteiger partial charge on any atom is -0.125 e. The van der Waals surface area contributed by atoms with E-state index in [1.165, 1.54) is 0 Å². The molecular formula is C7H8. The van der Waals surface area contributed by atoms with Crippen molar-refractivity contribution in [3.05, 3.63) is 30.0 Å². The van der Waals surface area contributed by atoms with Gasteiger partial charge < -0.3 is 0 Å². The van der Waals surface area contributed by atoms with Crippen LogP contribution in [-0.2, 0) is 0 Å². The van der Waals surface area contributed by atoms with Crippen molar-refractivity contribution < 1.29 is 0 Å². The third kappa shape index (κ3) is 1.06. The molecule has 0 aromatic heterocycles. The number of allylic oxidation sites excluding steroid dienone is 3. The Labute approximate surface area is 43.9 Å². The molecule has 0 N–H and O–H groups in total. The van der Waals surface area contributed by atoms with Crippen molar-refractivity contribution in [2.45, 2.75) is 6.92 Å². The fourth-order valence-corrected chi connectivity index (χ4v) is 0.549. The summed E-state index contributed by atoms with van der Waals surface area (Å²) in [6.45, 7) is 2.14. The molecule has 0 heterocycles.